The van der Waals surface area contributed by atoms with Gasteiger partial charge in [0.15, 0.2) is 0 Å². The van der Waals surface area contributed by atoms with Crippen LogP contribution < -0.4 is 10.1 Å². The second kappa shape index (κ2) is 5.84. The summed E-state index contributed by atoms with van der Waals surface area (Å²) in [5, 5.41) is 21.9. The Morgan fingerprint density at radius 2 is 2.09 bits per heavy atom. The third-order valence-corrected chi connectivity index (χ3v) is 4.03. The molecule has 22 heavy (non-hydrogen) atoms. The van der Waals surface area contributed by atoms with Crippen LogP contribution in [0.15, 0.2) is 18.2 Å². The molecule has 7 nitrogen and oxygen atoms in total. The Hall–Kier alpha value is -2.28. The first kappa shape index (κ1) is 14.6. The molecule has 0 unspecified atom stereocenters. The molecular formula is C15H18N2O5. The van der Waals surface area contributed by atoms with Crippen molar-refractivity contribution in [1.29, 1.82) is 0 Å². The molecule has 1 aromatic carbocycles. The molecule has 7 heteroatoms. The van der Waals surface area contributed by atoms with Gasteiger partial charge in [0.1, 0.15) is 23.2 Å². The summed E-state index contributed by atoms with van der Waals surface area (Å²) in [6.45, 7) is 1.74. The molecule has 0 saturated carbocycles. The Morgan fingerprint density at radius 3 is 2.73 bits per heavy atom. The molecule has 0 spiro atoms. The van der Waals surface area contributed by atoms with Crippen LogP contribution in [0.1, 0.15) is 23.2 Å². The Balaban J connectivity index is 1.59. The van der Waals surface area contributed by atoms with Gasteiger partial charge in [0.2, 0.25) is 5.91 Å². The SMILES string of the molecule is O=C(O)c1c(O)cccc1OC1CN(C(=O)[C@H]2CCCN2)C1. The van der Waals surface area contributed by atoms with Crippen molar-refractivity contribution in [1.82, 2.24) is 10.2 Å². The fourth-order valence-corrected chi connectivity index (χ4v) is 2.82. The molecule has 2 heterocycles. The highest BCUT2D eigenvalue weighted by atomic mass is 16.5. The molecule has 0 aliphatic carbocycles. The lowest BCUT2D eigenvalue weighted by Crippen LogP contribution is -2.59. The lowest BCUT2D eigenvalue weighted by molar-refractivity contribution is -0.141. The molecule has 0 bridgehead atoms. The molecule has 3 rings (SSSR count). The van der Waals surface area contributed by atoms with Crippen LogP contribution in [0.5, 0.6) is 11.5 Å². The zero-order valence-corrected chi connectivity index (χ0v) is 12.0. The highest BCUT2D eigenvalue weighted by Crippen LogP contribution is 2.29. The zero-order chi connectivity index (χ0) is 15.7. The summed E-state index contributed by atoms with van der Waals surface area (Å²) in [5.41, 5.74) is -0.246. The number of ether oxygens (including phenoxy) is 1. The molecule has 118 valence electrons. The van der Waals surface area contributed by atoms with E-state index in [0.29, 0.717) is 13.1 Å². The molecule has 3 N–H and O–H groups in total. The third kappa shape index (κ3) is 2.71. The van der Waals surface area contributed by atoms with Gasteiger partial charge in [-0.1, -0.05) is 6.07 Å². The van der Waals surface area contributed by atoms with Crippen LogP contribution in [-0.4, -0.2) is 58.8 Å². The van der Waals surface area contributed by atoms with Gasteiger partial charge in [-0.3, -0.25) is 4.79 Å². The van der Waals surface area contributed by atoms with Gasteiger partial charge >= 0.3 is 5.97 Å². The van der Waals surface area contributed by atoms with Gasteiger partial charge in [0.05, 0.1) is 19.1 Å². The van der Waals surface area contributed by atoms with E-state index in [-0.39, 0.29) is 35.1 Å². The summed E-state index contributed by atoms with van der Waals surface area (Å²) >= 11 is 0. The van der Waals surface area contributed by atoms with Gasteiger partial charge in [-0.05, 0) is 31.5 Å². The maximum Gasteiger partial charge on any atom is 0.343 e. The number of likely N-dealkylation sites (tertiary alicyclic amines) is 1. The van der Waals surface area contributed by atoms with E-state index in [1.165, 1.54) is 18.2 Å². The molecule has 2 aliphatic rings. The fourth-order valence-electron chi connectivity index (χ4n) is 2.82. The van der Waals surface area contributed by atoms with Gasteiger partial charge in [0, 0.05) is 0 Å². The van der Waals surface area contributed by atoms with Crippen LogP contribution in [0.25, 0.3) is 0 Å². The molecule has 1 amide bonds. The summed E-state index contributed by atoms with van der Waals surface area (Å²) in [6, 6.07) is 4.24. The van der Waals surface area contributed by atoms with E-state index in [4.69, 9.17) is 9.84 Å². The zero-order valence-electron chi connectivity index (χ0n) is 12.0. The van der Waals surface area contributed by atoms with Crippen molar-refractivity contribution in [3.63, 3.8) is 0 Å². The van der Waals surface area contributed by atoms with Crippen molar-refractivity contribution in [2.24, 2.45) is 0 Å². The van der Waals surface area contributed by atoms with Crippen molar-refractivity contribution < 1.29 is 24.5 Å². The van der Waals surface area contributed by atoms with Gasteiger partial charge in [-0.2, -0.15) is 0 Å². The molecule has 2 aliphatic heterocycles. The Bertz CT molecular complexity index is 592. The number of carbonyl (C=O) groups excluding carboxylic acids is 1. The summed E-state index contributed by atoms with van der Waals surface area (Å²) in [5.74, 6) is -1.36. The molecule has 2 saturated heterocycles. The molecule has 1 aromatic rings. The van der Waals surface area contributed by atoms with Crippen LogP contribution in [-0.2, 0) is 4.79 Å². The fraction of sp³-hybridized carbons (Fsp3) is 0.467. The number of phenols is 1. The number of aromatic hydroxyl groups is 1. The average molecular weight is 306 g/mol. The molecular weight excluding hydrogens is 288 g/mol. The van der Waals surface area contributed by atoms with E-state index >= 15 is 0 Å². The number of carbonyl (C=O) groups is 2. The number of aromatic carboxylic acids is 1. The van der Waals surface area contributed by atoms with E-state index in [0.717, 1.165) is 19.4 Å². The monoisotopic (exact) mass is 306 g/mol. The number of nitrogens with zero attached hydrogens (tertiary/aromatic N) is 1. The average Bonchev–Trinajstić information content (AvgIpc) is 2.95. The number of rotatable bonds is 4. The Labute approximate surface area is 127 Å². The predicted octanol–water partition coefficient (Wildman–Crippen LogP) is 0.432. The van der Waals surface area contributed by atoms with Crippen molar-refractivity contribution in [3.8, 4) is 11.5 Å². The lowest BCUT2D eigenvalue weighted by atomic mass is 10.1. The smallest absolute Gasteiger partial charge is 0.343 e. The number of nitrogens with one attached hydrogen (secondary N) is 1. The summed E-state index contributed by atoms with van der Waals surface area (Å²) in [7, 11) is 0. The summed E-state index contributed by atoms with van der Waals surface area (Å²) in [4.78, 5) is 25.0. The highest BCUT2D eigenvalue weighted by Gasteiger charge is 2.37. The van der Waals surface area contributed by atoms with Crippen molar-refractivity contribution in [2.45, 2.75) is 25.0 Å². The van der Waals surface area contributed by atoms with E-state index in [9.17, 15) is 14.7 Å². The first-order valence-electron chi connectivity index (χ1n) is 7.30. The first-order valence-corrected chi connectivity index (χ1v) is 7.30. The van der Waals surface area contributed by atoms with Gasteiger partial charge < -0.3 is 25.2 Å². The molecule has 1 atom stereocenters. The Morgan fingerprint density at radius 1 is 1.32 bits per heavy atom. The van der Waals surface area contributed by atoms with Crippen molar-refractivity contribution in [3.05, 3.63) is 23.8 Å². The van der Waals surface area contributed by atoms with Crippen LogP contribution in [0.4, 0.5) is 0 Å². The van der Waals surface area contributed by atoms with Gasteiger partial charge in [0.25, 0.3) is 0 Å². The van der Waals surface area contributed by atoms with Crippen LogP contribution in [0.3, 0.4) is 0 Å². The Kier molecular flexibility index (Phi) is 3.89. The quantitative estimate of drug-likeness (QED) is 0.746. The van der Waals surface area contributed by atoms with Crippen molar-refractivity contribution >= 4 is 11.9 Å². The first-order chi connectivity index (χ1) is 10.6. The number of hydrogen-bond acceptors (Lipinski definition) is 5. The number of hydrogen-bond donors (Lipinski definition) is 3. The van der Waals surface area contributed by atoms with Gasteiger partial charge in [-0.25, -0.2) is 4.79 Å². The topological polar surface area (TPSA) is 99.1 Å². The minimum atomic E-state index is -1.24. The van der Waals surface area contributed by atoms with E-state index in [1.54, 1.807) is 4.90 Å². The molecule has 2 fully saturated rings. The largest absolute Gasteiger partial charge is 0.507 e. The normalized spacial score (nSPS) is 21.5. The van der Waals surface area contributed by atoms with E-state index < -0.39 is 5.97 Å². The second-order valence-corrected chi connectivity index (χ2v) is 5.59. The molecule has 0 radical (unpaired) electrons. The van der Waals surface area contributed by atoms with E-state index in [1.807, 2.05) is 0 Å². The highest BCUT2D eigenvalue weighted by molar-refractivity contribution is 5.94. The minimum absolute atomic E-state index is 0.0757. The second-order valence-electron chi connectivity index (χ2n) is 5.59. The van der Waals surface area contributed by atoms with Crippen LogP contribution >= 0.6 is 0 Å². The number of carboxylic acid groups (broad SMARTS) is 1. The minimum Gasteiger partial charge on any atom is -0.507 e. The number of amides is 1. The number of carboxylic acids is 1. The molecule has 0 aromatic heterocycles. The van der Waals surface area contributed by atoms with Crippen molar-refractivity contribution in [2.75, 3.05) is 19.6 Å². The van der Waals surface area contributed by atoms with E-state index in [2.05, 4.69) is 5.32 Å². The lowest BCUT2D eigenvalue weighted by Gasteiger charge is -2.40. The van der Waals surface area contributed by atoms with Crippen LogP contribution in [0.2, 0.25) is 0 Å². The maximum absolute atomic E-state index is 12.1. The summed E-state index contributed by atoms with van der Waals surface area (Å²) < 4.78 is 5.61. The predicted molar refractivity (Wildman–Crippen MR) is 77.1 cm³/mol. The third-order valence-electron chi connectivity index (χ3n) is 4.03. The number of benzene rings is 1. The maximum atomic E-state index is 12.1. The standard InChI is InChI=1S/C15H18N2O5/c18-11-4-1-5-12(13(11)15(20)21)22-9-7-17(8-9)14(19)10-3-2-6-16-10/h1,4-5,9-10,16,18H,2-3,6-8H2,(H,20,21)/t10-/m1/s1. The summed E-state index contributed by atoms with van der Waals surface area (Å²) in [6.07, 6.45) is 1.62. The van der Waals surface area contributed by atoms with Crippen LogP contribution in [0, 0.1) is 0 Å². The van der Waals surface area contributed by atoms with Gasteiger partial charge in [-0.15, -0.1) is 0 Å².